The van der Waals surface area contributed by atoms with Crippen LogP contribution in [0.2, 0.25) is 0 Å². The Morgan fingerprint density at radius 2 is 2.11 bits per heavy atom. The summed E-state index contributed by atoms with van der Waals surface area (Å²) in [5.41, 5.74) is 7.84. The Morgan fingerprint density at radius 1 is 1.42 bits per heavy atom. The van der Waals surface area contributed by atoms with Crippen molar-refractivity contribution >= 4 is 23.2 Å². The van der Waals surface area contributed by atoms with Gasteiger partial charge < -0.3 is 20.7 Å². The number of methoxy groups -OCH3 is 1. The van der Waals surface area contributed by atoms with Crippen LogP contribution in [0.25, 0.3) is 0 Å². The number of anilines is 3. The van der Waals surface area contributed by atoms with E-state index in [-0.39, 0.29) is 5.69 Å². The summed E-state index contributed by atoms with van der Waals surface area (Å²) in [6.07, 6.45) is 3.53. The van der Waals surface area contributed by atoms with Gasteiger partial charge in [0.2, 0.25) is 0 Å². The van der Waals surface area contributed by atoms with E-state index >= 15 is 0 Å². The summed E-state index contributed by atoms with van der Waals surface area (Å²) in [7, 11) is 3.08. The predicted octanol–water partition coefficient (Wildman–Crippen LogP) is 1.48. The molecule has 0 saturated carbocycles. The molecule has 6 nitrogen and oxygen atoms in total. The third-order valence-electron chi connectivity index (χ3n) is 3.36. The fraction of sp³-hybridized carbons (Fsp3) is 0.538. The highest BCUT2D eigenvalue weighted by molar-refractivity contribution is 5.92. The van der Waals surface area contributed by atoms with Gasteiger partial charge in [-0.1, -0.05) is 0 Å². The fourth-order valence-electron chi connectivity index (χ4n) is 2.34. The predicted molar refractivity (Wildman–Crippen MR) is 75.6 cm³/mol. The summed E-state index contributed by atoms with van der Waals surface area (Å²) in [4.78, 5) is 18.0. The minimum Gasteiger partial charge on any atom is -0.464 e. The fourth-order valence-corrected chi connectivity index (χ4v) is 2.34. The molecule has 6 heteroatoms. The van der Waals surface area contributed by atoms with Crippen LogP contribution in [-0.4, -0.2) is 38.2 Å². The van der Waals surface area contributed by atoms with Crippen molar-refractivity contribution in [3.05, 3.63) is 11.8 Å². The van der Waals surface area contributed by atoms with Gasteiger partial charge in [0, 0.05) is 20.1 Å². The number of hydrogen-bond acceptors (Lipinski definition) is 6. The molecule has 1 aromatic rings. The van der Waals surface area contributed by atoms with E-state index in [9.17, 15) is 4.79 Å². The zero-order chi connectivity index (χ0) is 13.8. The van der Waals surface area contributed by atoms with E-state index in [2.05, 4.69) is 15.2 Å². The largest absolute Gasteiger partial charge is 0.464 e. The summed E-state index contributed by atoms with van der Waals surface area (Å²) in [5, 5.41) is 2.92. The topological polar surface area (TPSA) is 80.5 Å². The van der Waals surface area contributed by atoms with E-state index in [1.807, 2.05) is 0 Å². The van der Waals surface area contributed by atoms with Gasteiger partial charge in [0.05, 0.1) is 18.5 Å². The van der Waals surface area contributed by atoms with Crippen molar-refractivity contribution in [1.82, 2.24) is 4.98 Å². The molecule has 0 amide bonds. The second-order valence-corrected chi connectivity index (χ2v) is 4.58. The normalized spacial score (nSPS) is 15.2. The molecule has 3 N–H and O–H groups in total. The van der Waals surface area contributed by atoms with Crippen LogP contribution in [0.5, 0.6) is 0 Å². The second kappa shape index (κ2) is 5.77. The number of aromatic nitrogens is 1. The molecular weight excluding hydrogens is 244 g/mol. The minimum atomic E-state index is -0.449. The lowest BCUT2D eigenvalue weighted by atomic mass is 10.1. The van der Waals surface area contributed by atoms with E-state index in [1.165, 1.54) is 13.5 Å². The summed E-state index contributed by atoms with van der Waals surface area (Å²) in [6.45, 7) is 1.91. The maximum Gasteiger partial charge on any atom is 0.356 e. The molecule has 1 saturated heterocycles. The Kier molecular flexibility index (Phi) is 4.09. The highest BCUT2D eigenvalue weighted by atomic mass is 16.5. The zero-order valence-electron chi connectivity index (χ0n) is 11.4. The van der Waals surface area contributed by atoms with Crippen LogP contribution < -0.4 is 16.0 Å². The van der Waals surface area contributed by atoms with Crippen LogP contribution in [0, 0.1) is 0 Å². The Labute approximate surface area is 112 Å². The number of pyridine rings is 1. The molecule has 2 rings (SSSR count). The molecule has 0 atom stereocenters. The lowest BCUT2D eigenvalue weighted by Gasteiger charge is -2.30. The van der Waals surface area contributed by atoms with Crippen molar-refractivity contribution in [2.75, 3.05) is 43.2 Å². The molecule has 0 bridgehead atoms. The van der Waals surface area contributed by atoms with Crippen LogP contribution >= 0.6 is 0 Å². The quantitative estimate of drug-likeness (QED) is 0.805. The van der Waals surface area contributed by atoms with Gasteiger partial charge in [-0.05, 0) is 25.3 Å². The highest BCUT2D eigenvalue weighted by Crippen LogP contribution is 2.31. The summed E-state index contributed by atoms with van der Waals surface area (Å²) in [6, 6.07) is 1.72. The van der Waals surface area contributed by atoms with E-state index in [1.54, 1.807) is 13.1 Å². The van der Waals surface area contributed by atoms with Crippen molar-refractivity contribution in [1.29, 1.82) is 0 Å². The van der Waals surface area contributed by atoms with Crippen LogP contribution in [-0.2, 0) is 4.74 Å². The number of esters is 1. The van der Waals surface area contributed by atoms with Crippen molar-refractivity contribution in [2.45, 2.75) is 19.3 Å². The number of carbonyl (C=O) groups excluding carboxylic acids is 1. The Hall–Kier alpha value is -1.98. The van der Waals surface area contributed by atoms with Gasteiger partial charge in [-0.2, -0.15) is 0 Å². The second-order valence-electron chi connectivity index (χ2n) is 4.58. The van der Waals surface area contributed by atoms with E-state index in [0.29, 0.717) is 11.5 Å². The van der Waals surface area contributed by atoms with Gasteiger partial charge >= 0.3 is 5.97 Å². The summed E-state index contributed by atoms with van der Waals surface area (Å²) >= 11 is 0. The smallest absolute Gasteiger partial charge is 0.356 e. The number of carbonyl (C=O) groups is 1. The molecule has 0 aromatic carbocycles. The Bertz CT molecular complexity index is 470. The van der Waals surface area contributed by atoms with Crippen molar-refractivity contribution in [2.24, 2.45) is 0 Å². The monoisotopic (exact) mass is 264 g/mol. The molecule has 2 heterocycles. The number of piperidine rings is 1. The van der Waals surface area contributed by atoms with E-state index in [4.69, 9.17) is 10.5 Å². The van der Waals surface area contributed by atoms with E-state index < -0.39 is 5.97 Å². The summed E-state index contributed by atoms with van der Waals surface area (Å²) in [5.74, 6) is 0.0678. The van der Waals surface area contributed by atoms with Crippen molar-refractivity contribution in [3.8, 4) is 0 Å². The van der Waals surface area contributed by atoms with Gasteiger partial charge in [0.1, 0.15) is 0 Å². The van der Waals surface area contributed by atoms with Crippen molar-refractivity contribution < 1.29 is 9.53 Å². The molecule has 104 valence electrons. The average Bonchev–Trinajstić information content (AvgIpc) is 2.47. The van der Waals surface area contributed by atoms with Crippen LogP contribution in [0.4, 0.5) is 17.2 Å². The molecule has 1 aromatic heterocycles. The minimum absolute atomic E-state index is 0.279. The van der Waals surface area contributed by atoms with Gasteiger partial charge in [-0.3, -0.25) is 0 Å². The third-order valence-corrected chi connectivity index (χ3v) is 3.36. The number of nitrogens with one attached hydrogen (secondary N) is 1. The number of nitrogens with zero attached hydrogens (tertiary/aromatic N) is 2. The first-order valence-electron chi connectivity index (χ1n) is 6.49. The maximum atomic E-state index is 11.7. The van der Waals surface area contributed by atoms with Gasteiger partial charge in [-0.15, -0.1) is 0 Å². The Morgan fingerprint density at radius 3 is 2.68 bits per heavy atom. The first-order valence-corrected chi connectivity index (χ1v) is 6.49. The number of nitrogens with two attached hydrogens (primary N) is 1. The SMILES string of the molecule is CNc1nc(C(=O)OC)cc(N2CCCCC2)c1N. The molecular formula is C13H20N4O2. The average molecular weight is 264 g/mol. The lowest BCUT2D eigenvalue weighted by molar-refractivity contribution is 0.0594. The molecule has 19 heavy (non-hydrogen) atoms. The van der Waals surface area contributed by atoms with E-state index in [0.717, 1.165) is 31.6 Å². The first-order chi connectivity index (χ1) is 9.17. The maximum absolute atomic E-state index is 11.7. The lowest BCUT2D eigenvalue weighted by Crippen LogP contribution is -2.30. The molecule has 0 unspecified atom stereocenters. The summed E-state index contributed by atoms with van der Waals surface area (Å²) < 4.78 is 4.73. The van der Waals surface area contributed by atoms with Gasteiger partial charge in [-0.25, -0.2) is 9.78 Å². The first kappa shape index (κ1) is 13.5. The Balaban J connectivity index is 2.42. The molecule has 1 aliphatic rings. The number of hydrogen-bond donors (Lipinski definition) is 2. The van der Waals surface area contributed by atoms with Gasteiger partial charge in [0.25, 0.3) is 0 Å². The standard InChI is InChI=1S/C13H20N4O2/c1-15-12-11(14)10(17-6-4-3-5-7-17)8-9(16-12)13(18)19-2/h8H,3-7,14H2,1-2H3,(H,15,16). The van der Waals surface area contributed by atoms with Crippen LogP contribution in [0.3, 0.4) is 0 Å². The van der Waals surface area contributed by atoms with Gasteiger partial charge in [0.15, 0.2) is 11.5 Å². The van der Waals surface area contributed by atoms with Crippen LogP contribution in [0.15, 0.2) is 6.07 Å². The molecule has 0 spiro atoms. The molecule has 0 aliphatic carbocycles. The van der Waals surface area contributed by atoms with Crippen LogP contribution in [0.1, 0.15) is 29.8 Å². The number of nitrogen functional groups attached to an aromatic ring is 1. The van der Waals surface area contributed by atoms with Crippen molar-refractivity contribution in [3.63, 3.8) is 0 Å². The highest BCUT2D eigenvalue weighted by Gasteiger charge is 2.20. The molecule has 1 aliphatic heterocycles. The zero-order valence-corrected chi connectivity index (χ0v) is 11.4. The third kappa shape index (κ3) is 2.72. The molecule has 1 fully saturated rings. The molecule has 0 radical (unpaired) electrons. The number of rotatable bonds is 3. The number of ether oxygens (including phenoxy) is 1.